The Morgan fingerprint density at radius 3 is 2.67 bits per heavy atom. The van der Waals surface area contributed by atoms with Crippen LogP contribution >= 0.6 is 0 Å². The van der Waals surface area contributed by atoms with Crippen LogP contribution in [0.2, 0.25) is 0 Å². The Hall–Kier alpha value is -1.59. The molecule has 1 aliphatic heterocycles. The Bertz CT molecular complexity index is 598. The molecule has 0 spiro atoms. The first-order chi connectivity index (χ1) is 10.2. The molecule has 0 saturated carbocycles. The van der Waals surface area contributed by atoms with E-state index in [1.165, 1.54) is 6.42 Å². The van der Waals surface area contributed by atoms with E-state index in [0.29, 0.717) is 12.6 Å². The van der Waals surface area contributed by atoms with Gasteiger partial charge in [-0.05, 0) is 25.5 Å². The number of nitrogens with zero attached hydrogens (tertiary/aromatic N) is 4. The maximum Gasteiger partial charge on any atom is 0.152 e. The zero-order valence-electron chi connectivity index (χ0n) is 13.0. The second kappa shape index (κ2) is 6.03. The van der Waals surface area contributed by atoms with E-state index in [4.69, 9.17) is 10.7 Å². The van der Waals surface area contributed by atoms with Crippen molar-refractivity contribution in [2.45, 2.75) is 32.9 Å². The number of hydrogen-bond acceptors (Lipinski definition) is 4. The molecular weight excluding hydrogens is 262 g/mol. The summed E-state index contributed by atoms with van der Waals surface area (Å²) in [5, 5.41) is 0. The summed E-state index contributed by atoms with van der Waals surface area (Å²) < 4.78 is 2.11. The number of piperazine rings is 1. The lowest BCUT2D eigenvalue weighted by atomic mass is 10.2. The predicted octanol–water partition coefficient (Wildman–Crippen LogP) is 1.71. The third-order valence-electron chi connectivity index (χ3n) is 4.63. The smallest absolute Gasteiger partial charge is 0.152 e. The minimum Gasteiger partial charge on any atom is -0.352 e. The van der Waals surface area contributed by atoms with Gasteiger partial charge in [0.1, 0.15) is 5.65 Å². The van der Waals surface area contributed by atoms with Gasteiger partial charge in [-0.15, -0.1) is 0 Å². The van der Waals surface area contributed by atoms with Crippen LogP contribution in [0.25, 0.3) is 5.65 Å². The molecule has 0 aliphatic carbocycles. The van der Waals surface area contributed by atoms with Gasteiger partial charge in [0, 0.05) is 45.0 Å². The van der Waals surface area contributed by atoms with Crippen LogP contribution in [0, 0.1) is 0 Å². The molecule has 2 aromatic rings. The lowest BCUT2D eigenvalue weighted by Gasteiger charge is -2.38. The third kappa shape index (κ3) is 2.63. The fourth-order valence-corrected chi connectivity index (χ4v) is 3.11. The van der Waals surface area contributed by atoms with Gasteiger partial charge in [0.2, 0.25) is 0 Å². The minimum atomic E-state index is 0.520. The van der Waals surface area contributed by atoms with Crippen molar-refractivity contribution >= 4 is 11.5 Å². The van der Waals surface area contributed by atoms with Crippen molar-refractivity contribution in [2.24, 2.45) is 5.73 Å². The Balaban J connectivity index is 1.82. The van der Waals surface area contributed by atoms with Gasteiger partial charge in [0.15, 0.2) is 5.82 Å². The van der Waals surface area contributed by atoms with Crippen LogP contribution in [0.1, 0.15) is 26.0 Å². The summed E-state index contributed by atoms with van der Waals surface area (Å²) in [5.74, 6) is 1.06. The average Bonchev–Trinajstić information content (AvgIpc) is 2.92. The van der Waals surface area contributed by atoms with Crippen LogP contribution in [-0.2, 0) is 6.54 Å². The molecule has 2 aromatic heterocycles. The number of nitrogens with two attached hydrogens (primary N) is 1. The van der Waals surface area contributed by atoms with E-state index < -0.39 is 0 Å². The van der Waals surface area contributed by atoms with E-state index in [-0.39, 0.29) is 0 Å². The fraction of sp³-hybridized carbons (Fsp3) is 0.562. The molecule has 1 aliphatic rings. The summed E-state index contributed by atoms with van der Waals surface area (Å²) in [4.78, 5) is 9.73. The monoisotopic (exact) mass is 287 g/mol. The van der Waals surface area contributed by atoms with Crippen molar-refractivity contribution in [3.05, 3.63) is 30.1 Å². The molecule has 0 aromatic carbocycles. The standard InChI is InChI=1S/C16H25N5/c1-3-13(2)19-8-10-20(11-9-19)16-14(12-17)21-7-5-4-6-15(21)18-16/h4-7,13H,3,8-12,17H2,1-2H3. The highest BCUT2D eigenvalue weighted by molar-refractivity contribution is 5.56. The average molecular weight is 287 g/mol. The summed E-state index contributed by atoms with van der Waals surface area (Å²) in [7, 11) is 0. The molecule has 21 heavy (non-hydrogen) atoms. The van der Waals surface area contributed by atoms with Crippen LogP contribution in [0.4, 0.5) is 5.82 Å². The topological polar surface area (TPSA) is 49.8 Å². The molecule has 5 nitrogen and oxygen atoms in total. The zero-order chi connectivity index (χ0) is 14.8. The second-order valence-corrected chi connectivity index (χ2v) is 5.80. The first kappa shape index (κ1) is 14.4. The van der Waals surface area contributed by atoms with Gasteiger partial charge in [-0.25, -0.2) is 4.98 Å². The number of anilines is 1. The Kier molecular flexibility index (Phi) is 4.12. The summed E-state index contributed by atoms with van der Waals surface area (Å²) in [6.45, 7) is 9.35. The molecule has 0 bridgehead atoms. The van der Waals surface area contributed by atoms with Crippen LogP contribution in [-0.4, -0.2) is 46.5 Å². The van der Waals surface area contributed by atoms with E-state index >= 15 is 0 Å². The maximum absolute atomic E-state index is 5.97. The molecule has 0 radical (unpaired) electrons. The van der Waals surface area contributed by atoms with E-state index in [0.717, 1.165) is 43.3 Å². The highest BCUT2D eigenvalue weighted by Gasteiger charge is 2.24. The largest absolute Gasteiger partial charge is 0.352 e. The van der Waals surface area contributed by atoms with Crippen molar-refractivity contribution in [3.63, 3.8) is 0 Å². The van der Waals surface area contributed by atoms with Gasteiger partial charge >= 0.3 is 0 Å². The summed E-state index contributed by atoms with van der Waals surface area (Å²) >= 11 is 0. The highest BCUT2D eigenvalue weighted by atomic mass is 15.3. The molecule has 1 unspecified atom stereocenters. The van der Waals surface area contributed by atoms with Gasteiger partial charge in [0.25, 0.3) is 0 Å². The molecule has 1 atom stereocenters. The predicted molar refractivity (Wildman–Crippen MR) is 86.6 cm³/mol. The molecular formula is C16H25N5. The lowest BCUT2D eigenvalue weighted by Crippen LogP contribution is -2.49. The zero-order valence-corrected chi connectivity index (χ0v) is 13.0. The van der Waals surface area contributed by atoms with Crippen LogP contribution in [0.3, 0.4) is 0 Å². The molecule has 0 amide bonds. The van der Waals surface area contributed by atoms with Crippen molar-refractivity contribution in [1.29, 1.82) is 0 Å². The molecule has 3 heterocycles. The van der Waals surface area contributed by atoms with Crippen molar-refractivity contribution < 1.29 is 0 Å². The summed E-state index contributed by atoms with van der Waals surface area (Å²) in [6.07, 6.45) is 3.26. The molecule has 2 N–H and O–H groups in total. The van der Waals surface area contributed by atoms with Gasteiger partial charge in [0.05, 0.1) is 5.69 Å². The van der Waals surface area contributed by atoms with Gasteiger partial charge in [-0.2, -0.15) is 0 Å². The molecule has 1 saturated heterocycles. The summed E-state index contributed by atoms with van der Waals surface area (Å²) in [5.41, 5.74) is 8.06. The number of rotatable bonds is 4. The van der Waals surface area contributed by atoms with Crippen LogP contribution in [0.15, 0.2) is 24.4 Å². The quantitative estimate of drug-likeness (QED) is 0.930. The third-order valence-corrected chi connectivity index (χ3v) is 4.63. The highest BCUT2D eigenvalue weighted by Crippen LogP contribution is 2.23. The minimum absolute atomic E-state index is 0.520. The van der Waals surface area contributed by atoms with E-state index in [1.807, 2.05) is 24.4 Å². The maximum atomic E-state index is 5.97. The lowest BCUT2D eigenvalue weighted by molar-refractivity contribution is 0.192. The summed E-state index contributed by atoms with van der Waals surface area (Å²) in [6, 6.07) is 6.76. The normalized spacial score (nSPS) is 18.3. The van der Waals surface area contributed by atoms with E-state index in [9.17, 15) is 0 Å². The van der Waals surface area contributed by atoms with Gasteiger partial charge < -0.3 is 15.0 Å². The number of fused-ring (bicyclic) bond motifs is 1. The van der Waals surface area contributed by atoms with Crippen molar-refractivity contribution in [3.8, 4) is 0 Å². The fourth-order valence-electron chi connectivity index (χ4n) is 3.11. The number of aromatic nitrogens is 2. The van der Waals surface area contributed by atoms with Crippen molar-refractivity contribution in [2.75, 3.05) is 31.1 Å². The SMILES string of the molecule is CCC(C)N1CCN(c2nc3ccccn3c2CN)CC1. The number of hydrogen-bond donors (Lipinski definition) is 1. The Morgan fingerprint density at radius 1 is 1.24 bits per heavy atom. The molecule has 3 rings (SSSR count). The number of pyridine rings is 1. The molecule has 1 fully saturated rings. The Morgan fingerprint density at radius 2 is 2.00 bits per heavy atom. The first-order valence-electron chi connectivity index (χ1n) is 7.89. The number of imidazole rings is 1. The van der Waals surface area contributed by atoms with E-state index in [1.54, 1.807) is 0 Å². The van der Waals surface area contributed by atoms with Gasteiger partial charge in [-0.1, -0.05) is 13.0 Å². The van der Waals surface area contributed by atoms with E-state index in [2.05, 4.69) is 28.0 Å². The van der Waals surface area contributed by atoms with Crippen molar-refractivity contribution in [1.82, 2.24) is 14.3 Å². The molecule has 114 valence electrons. The first-order valence-corrected chi connectivity index (χ1v) is 7.89. The van der Waals surface area contributed by atoms with Crippen LogP contribution < -0.4 is 10.6 Å². The molecule has 5 heteroatoms. The van der Waals surface area contributed by atoms with Gasteiger partial charge in [-0.3, -0.25) is 4.90 Å². The second-order valence-electron chi connectivity index (χ2n) is 5.80. The Labute approximate surface area is 126 Å². The van der Waals surface area contributed by atoms with Crippen LogP contribution in [0.5, 0.6) is 0 Å².